The Labute approximate surface area is 160 Å². The van der Waals surface area contributed by atoms with Gasteiger partial charge in [-0.15, -0.1) is 0 Å². The van der Waals surface area contributed by atoms with Crippen LogP contribution < -0.4 is 5.32 Å². The molecule has 3 heterocycles. The first-order valence-electron chi connectivity index (χ1n) is 10.1. The Kier molecular flexibility index (Phi) is 5.84. The second kappa shape index (κ2) is 8.67. The fourth-order valence-electron chi connectivity index (χ4n) is 3.96. The summed E-state index contributed by atoms with van der Waals surface area (Å²) in [5, 5.41) is 3.06. The number of benzene rings is 1. The number of carbonyl (C=O) groups is 1. The number of piperidine rings is 1. The minimum absolute atomic E-state index is 0.0925. The Bertz CT molecular complexity index is 766. The summed E-state index contributed by atoms with van der Waals surface area (Å²) < 4.78 is 7.72. The van der Waals surface area contributed by atoms with E-state index in [2.05, 4.69) is 14.8 Å². The fraction of sp³-hybridized carbons (Fsp3) is 0.524. The molecule has 0 aliphatic carbocycles. The van der Waals surface area contributed by atoms with Gasteiger partial charge in [-0.2, -0.15) is 0 Å². The van der Waals surface area contributed by atoms with Crippen molar-refractivity contribution in [3.05, 3.63) is 41.7 Å². The maximum absolute atomic E-state index is 12.8. The molecule has 1 saturated heterocycles. The van der Waals surface area contributed by atoms with Crippen molar-refractivity contribution in [2.24, 2.45) is 0 Å². The first-order valence-corrected chi connectivity index (χ1v) is 10.1. The van der Waals surface area contributed by atoms with Gasteiger partial charge in [0.05, 0.1) is 18.9 Å². The highest BCUT2D eigenvalue weighted by Gasteiger charge is 2.25. The summed E-state index contributed by atoms with van der Waals surface area (Å²) in [4.78, 5) is 19.9. The van der Waals surface area contributed by atoms with Crippen molar-refractivity contribution < 1.29 is 9.53 Å². The van der Waals surface area contributed by atoms with Crippen LogP contribution in [0.1, 0.15) is 41.9 Å². The minimum Gasteiger partial charge on any atom is -0.373 e. The molecular formula is C21H28N4O2. The van der Waals surface area contributed by atoms with Gasteiger partial charge in [-0.1, -0.05) is 36.8 Å². The summed E-state index contributed by atoms with van der Waals surface area (Å²) >= 11 is 0. The highest BCUT2D eigenvalue weighted by atomic mass is 16.5. The van der Waals surface area contributed by atoms with E-state index in [1.54, 1.807) is 0 Å². The van der Waals surface area contributed by atoms with Gasteiger partial charge in [-0.25, -0.2) is 4.98 Å². The van der Waals surface area contributed by atoms with E-state index in [-0.39, 0.29) is 5.91 Å². The molecule has 6 nitrogen and oxygen atoms in total. The van der Waals surface area contributed by atoms with E-state index in [4.69, 9.17) is 9.72 Å². The van der Waals surface area contributed by atoms with Gasteiger partial charge in [-0.05, 0) is 38.9 Å². The Morgan fingerprint density at radius 1 is 1.11 bits per heavy atom. The van der Waals surface area contributed by atoms with Crippen molar-refractivity contribution in [3.63, 3.8) is 0 Å². The SMILES string of the molecule is O=C(NCCCN1CCCCC1)c1nc(-c2ccccc2)n2c1COCC2. The van der Waals surface area contributed by atoms with Crippen LogP contribution in [0.3, 0.4) is 0 Å². The molecule has 0 unspecified atom stereocenters. The van der Waals surface area contributed by atoms with Gasteiger partial charge < -0.3 is 19.5 Å². The molecule has 2 aromatic rings. The van der Waals surface area contributed by atoms with E-state index in [9.17, 15) is 4.79 Å². The van der Waals surface area contributed by atoms with E-state index in [0.29, 0.717) is 25.5 Å². The van der Waals surface area contributed by atoms with Crippen LogP contribution in [-0.4, -0.2) is 53.1 Å². The number of likely N-dealkylation sites (tertiary alicyclic amines) is 1. The van der Waals surface area contributed by atoms with Crippen molar-refractivity contribution in [1.82, 2.24) is 19.8 Å². The Hall–Kier alpha value is -2.18. The maximum Gasteiger partial charge on any atom is 0.271 e. The van der Waals surface area contributed by atoms with E-state index in [0.717, 1.165) is 36.6 Å². The predicted octanol–water partition coefficient (Wildman–Crippen LogP) is 2.69. The van der Waals surface area contributed by atoms with Gasteiger partial charge in [-0.3, -0.25) is 4.79 Å². The van der Waals surface area contributed by atoms with Crippen LogP contribution in [0.2, 0.25) is 0 Å². The lowest BCUT2D eigenvalue weighted by Gasteiger charge is -2.26. The molecule has 1 fully saturated rings. The summed E-state index contributed by atoms with van der Waals surface area (Å²) in [6.45, 7) is 5.95. The molecule has 0 bridgehead atoms. The second-order valence-electron chi connectivity index (χ2n) is 7.31. The molecule has 2 aliphatic heterocycles. The lowest BCUT2D eigenvalue weighted by Crippen LogP contribution is -2.33. The number of imidazole rings is 1. The predicted molar refractivity (Wildman–Crippen MR) is 105 cm³/mol. The molecule has 6 heteroatoms. The van der Waals surface area contributed by atoms with Crippen molar-refractivity contribution in [2.75, 3.05) is 32.8 Å². The molecule has 1 N–H and O–H groups in total. The number of carbonyl (C=O) groups excluding carboxylic acids is 1. The van der Waals surface area contributed by atoms with Gasteiger partial charge in [0.1, 0.15) is 5.82 Å². The fourth-order valence-corrected chi connectivity index (χ4v) is 3.96. The largest absolute Gasteiger partial charge is 0.373 e. The number of fused-ring (bicyclic) bond motifs is 1. The van der Waals surface area contributed by atoms with Crippen LogP contribution in [-0.2, 0) is 17.9 Å². The van der Waals surface area contributed by atoms with E-state index in [1.165, 1.54) is 32.4 Å². The Morgan fingerprint density at radius 2 is 1.93 bits per heavy atom. The topological polar surface area (TPSA) is 59.4 Å². The number of rotatable bonds is 6. The highest BCUT2D eigenvalue weighted by Crippen LogP contribution is 2.25. The molecule has 27 heavy (non-hydrogen) atoms. The lowest BCUT2D eigenvalue weighted by molar-refractivity contribution is 0.0816. The molecule has 1 aromatic carbocycles. The Balaban J connectivity index is 1.41. The van der Waals surface area contributed by atoms with E-state index < -0.39 is 0 Å². The van der Waals surface area contributed by atoms with Crippen LogP contribution in [0, 0.1) is 0 Å². The van der Waals surface area contributed by atoms with Gasteiger partial charge in [0.25, 0.3) is 5.91 Å². The first kappa shape index (κ1) is 18.2. The summed E-state index contributed by atoms with van der Waals surface area (Å²) in [6.07, 6.45) is 4.93. The molecule has 0 saturated carbocycles. The quantitative estimate of drug-likeness (QED) is 0.797. The van der Waals surface area contributed by atoms with Crippen LogP contribution in [0.4, 0.5) is 0 Å². The van der Waals surface area contributed by atoms with Crippen molar-refractivity contribution in [3.8, 4) is 11.4 Å². The molecule has 144 valence electrons. The number of hydrogen-bond donors (Lipinski definition) is 1. The second-order valence-corrected chi connectivity index (χ2v) is 7.31. The molecule has 2 aliphatic rings. The number of aromatic nitrogens is 2. The number of ether oxygens (including phenoxy) is 1. The van der Waals surface area contributed by atoms with Crippen LogP contribution in [0.25, 0.3) is 11.4 Å². The normalized spacial score (nSPS) is 17.5. The third-order valence-corrected chi connectivity index (χ3v) is 5.40. The molecule has 1 aromatic heterocycles. The average Bonchev–Trinajstić information content (AvgIpc) is 3.12. The molecule has 0 spiro atoms. The highest BCUT2D eigenvalue weighted by molar-refractivity contribution is 5.94. The number of amides is 1. The average molecular weight is 368 g/mol. The monoisotopic (exact) mass is 368 g/mol. The number of nitrogens with one attached hydrogen (secondary N) is 1. The van der Waals surface area contributed by atoms with Gasteiger partial charge in [0, 0.05) is 18.7 Å². The standard InChI is InChI=1S/C21H28N4O2/c26-21(22-10-7-13-24-11-5-2-6-12-24)19-18-16-27-15-14-25(18)20(23-19)17-8-3-1-4-9-17/h1,3-4,8-9H,2,5-7,10-16H2,(H,22,26). The van der Waals surface area contributed by atoms with Gasteiger partial charge >= 0.3 is 0 Å². The third-order valence-electron chi connectivity index (χ3n) is 5.40. The summed E-state index contributed by atoms with van der Waals surface area (Å²) in [6, 6.07) is 10.0. The summed E-state index contributed by atoms with van der Waals surface area (Å²) in [7, 11) is 0. The number of hydrogen-bond acceptors (Lipinski definition) is 4. The van der Waals surface area contributed by atoms with Crippen molar-refractivity contribution in [2.45, 2.75) is 38.8 Å². The summed E-state index contributed by atoms with van der Waals surface area (Å²) in [5.74, 6) is 0.762. The van der Waals surface area contributed by atoms with Gasteiger partial charge in [0.15, 0.2) is 5.69 Å². The van der Waals surface area contributed by atoms with E-state index in [1.807, 2.05) is 30.3 Å². The minimum atomic E-state index is -0.0925. The van der Waals surface area contributed by atoms with Gasteiger partial charge in [0.2, 0.25) is 0 Å². The van der Waals surface area contributed by atoms with E-state index >= 15 is 0 Å². The zero-order chi connectivity index (χ0) is 18.5. The smallest absolute Gasteiger partial charge is 0.271 e. The molecular weight excluding hydrogens is 340 g/mol. The lowest BCUT2D eigenvalue weighted by atomic mass is 10.1. The first-order chi connectivity index (χ1) is 13.3. The van der Waals surface area contributed by atoms with Crippen LogP contribution >= 0.6 is 0 Å². The van der Waals surface area contributed by atoms with Crippen molar-refractivity contribution in [1.29, 1.82) is 0 Å². The third kappa shape index (κ3) is 4.22. The maximum atomic E-state index is 12.8. The Morgan fingerprint density at radius 3 is 2.74 bits per heavy atom. The zero-order valence-electron chi connectivity index (χ0n) is 15.8. The molecule has 0 atom stereocenters. The van der Waals surface area contributed by atoms with Crippen LogP contribution in [0.5, 0.6) is 0 Å². The van der Waals surface area contributed by atoms with Crippen LogP contribution in [0.15, 0.2) is 30.3 Å². The zero-order valence-corrected chi connectivity index (χ0v) is 15.8. The van der Waals surface area contributed by atoms with Crippen molar-refractivity contribution >= 4 is 5.91 Å². The summed E-state index contributed by atoms with van der Waals surface area (Å²) in [5.41, 5.74) is 2.42. The molecule has 0 radical (unpaired) electrons. The molecule has 1 amide bonds. The number of nitrogens with zero attached hydrogens (tertiary/aromatic N) is 3. The molecule has 4 rings (SSSR count).